The lowest BCUT2D eigenvalue weighted by atomic mass is 9.83. The van der Waals surface area contributed by atoms with Gasteiger partial charge in [-0.3, -0.25) is 14.9 Å². The summed E-state index contributed by atoms with van der Waals surface area (Å²) >= 11 is 13.1. The van der Waals surface area contributed by atoms with Crippen LogP contribution in [0.25, 0.3) is 0 Å². The molecule has 3 aliphatic rings. The van der Waals surface area contributed by atoms with E-state index in [0.717, 1.165) is 16.7 Å². The number of esters is 1. The molecular weight excluding hydrogens is 739 g/mol. The number of likely N-dealkylation sites (N-methyl/N-ethyl adjacent to an activating group) is 1. The lowest BCUT2D eigenvalue weighted by Gasteiger charge is -2.42. The molecule has 0 aliphatic carbocycles. The molecule has 2 aromatic rings. The number of anilines is 2. The molecule has 0 saturated carbocycles. The average molecular weight is 788 g/mol. The second-order valence-corrected chi connectivity index (χ2v) is 15.5. The number of alkyl carbamates (subject to hydrolysis) is 1. The number of nitrogen functional groups attached to an aromatic ring is 1. The summed E-state index contributed by atoms with van der Waals surface area (Å²) in [6.45, 7) is 8.79. The number of halogens is 2. The molecule has 3 aliphatic heterocycles. The Bertz CT molecular complexity index is 1890. The fourth-order valence-electron chi connectivity index (χ4n) is 7.11. The number of methoxy groups -OCH3 is 1. The van der Waals surface area contributed by atoms with Crippen molar-refractivity contribution in [1.29, 1.82) is 0 Å². The van der Waals surface area contributed by atoms with Crippen molar-refractivity contribution in [3.8, 4) is 0 Å². The summed E-state index contributed by atoms with van der Waals surface area (Å²) < 4.78 is 23.7. The molecule has 2 fully saturated rings. The van der Waals surface area contributed by atoms with Gasteiger partial charge in [0.2, 0.25) is 5.91 Å². The Hall–Kier alpha value is -4.14. The molecule has 54 heavy (non-hydrogen) atoms. The Labute approximate surface area is 325 Å². The molecule has 2 aromatic carbocycles. The van der Waals surface area contributed by atoms with Crippen molar-refractivity contribution in [2.75, 3.05) is 31.8 Å². The van der Waals surface area contributed by atoms with Crippen molar-refractivity contribution in [2.24, 2.45) is 5.92 Å². The van der Waals surface area contributed by atoms with Crippen molar-refractivity contribution in [1.82, 2.24) is 10.2 Å². The first-order valence-corrected chi connectivity index (χ1v) is 18.4. The molecule has 0 radical (unpaired) electrons. The molecule has 13 nitrogen and oxygen atoms in total. The maximum atomic E-state index is 14.1. The number of carbonyl (C=O) groups is 4. The lowest BCUT2D eigenvalue weighted by Crippen LogP contribution is -2.63. The highest BCUT2D eigenvalue weighted by molar-refractivity contribution is 6.35. The van der Waals surface area contributed by atoms with Crippen LogP contribution in [-0.2, 0) is 35.0 Å². The second kappa shape index (κ2) is 15.9. The van der Waals surface area contributed by atoms with E-state index >= 15 is 0 Å². The maximum Gasteiger partial charge on any atom is 0.409 e. The number of fused-ring (bicyclic) bond motifs is 5. The number of aliphatic hydroxyl groups is 1. The summed E-state index contributed by atoms with van der Waals surface area (Å²) in [5.41, 5.74) is 6.34. The van der Waals surface area contributed by atoms with Gasteiger partial charge in [0.25, 0.3) is 5.91 Å². The van der Waals surface area contributed by atoms with E-state index in [4.69, 9.17) is 47.9 Å². The monoisotopic (exact) mass is 786 g/mol. The first-order valence-electron chi connectivity index (χ1n) is 17.6. The van der Waals surface area contributed by atoms with Gasteiger partial charge in [0, 0.05) is 39.2 Å². The fourth-order valence-corrected chi connectivity index (χ4v) is 7.62. The number of amides is 3. The molecule has 4 N–H and O–H groups in total. The number of nitrogens with one attached hydrogen (secondary N) is 1. The van der Waals surface area contributed by atoms with Crippen LogP contribution in [0.3, 0.4) is 0 Å². The van der Waals surface area contributed by atoms with Gasteiger partial charge in [-0.2, -0.15) is 0 Å². The third kappa shape index (κ3) is 8.40. The number of ether oxygens (including phenoxy) is 4. The van der Waals surface area contributed by atoms with Gasteiger partial charge in [-0.05, 0) is 69.5 Å². The number of nitrogens with two attached hydrogens (primary N) is 1. The van der Waals surface area contributed by atoms with Crippen LogP contribution >= 0.6 is 23.2 Å². The quantitative estimate of drug-likeness (QED) is 0.203. The van der Waals surface area contributed by atoms with Gasteiger partial charge < -0.3 is 39.6 Å². The Morgan fingerprint density at radius 2 is 1.89 bits per heavy atom. The van der Waals surface area contributed by atoms with Crippen LogP contribution in [-0.4, -0.2) is 96.9 Å². The summed E-state index contributed by atoms with van der Waals surface area (Å²) in [5, 5.41) is 14.8. The number of aryl methyl sites for hydroxylation is 1. The molecule has 0 unspecified atom stereocenters. The van der Waals surface area contributed by atoms with Crippen LogP contribution < -0.4 is 16.0 Å². The minimum atomic E-state index is -1.83. The Balaban J connectivity index is 1.51. The van der Waals surface area contributed by atoms with Gasteiger partial charge in [0.15, 0.2) is 5.72 Å². The van der Waals surface area contributed by atoms with E-state index in [9.17, 15) is 24.3 Å². The second-order valence-electron chi connectivity index (χ2n) is 14.7. The van der Waals surface area contributed by atoms with E-state index in [-0.39, 0.29) is 23.4 Å². The van der Waals surface area contributed by atoms with E-state index in [0.29, 0.717) is 22.8 Å². The van der Waals surface area contributed by atoms with Crippen molar-refractivity contribution < 1.29 is 43.2 Å². The zero-order valence-corrected chi connectivity index (χ0v) is 33.2. The predicted molar refractivity (Wildman–Crippen MR) is 204 cm³/mol. The largest absolute Gasteiger partial charge is 0.457 e. The number of carbonyl (C=O) groups excluding carboxylic acids is 4. The summed E-state index contributed by atoms with van der Waals surface area (Å²) in [4.78, 5) is 56.9. The molecule has 3 heterocycles. The number of rotatable bonds is 5. The molecule has 3 amide bonds. The van der Waals surface area contributed by atoms with Crippen LogP contribution in [0, 0.1) is 12.8 Å². The number of benzene rings is 2. The zero-order valence-electron chi connectivity index (χ0n) is 31.6. The predicted octanol–water partition coefficient (Wildman–Crippen LogP) is 5.36. The van der Waals surface area contributed by atoms with Crippen LogP contribution in [0.15, 0.2) is 54.1 Å². The third-order valence-electron chi connectivity index (χ3n) is 10.7. The highest BCUT2D eigenvalue weighted by atomic mass is 35.5. The Morgan fingerprint density at radius 3 is 2.56 bits per heavy atom. The maximum absolute atomic E-state index is 14.1. The number of nitrogens with zero attached hydrogens (tertiary/aromatic N) is 2. The van der Waals surface area contributed by atoms with Gasteiger partial charge in [0.05, 0.1) is 33.8 Å². The molecule has 292 valence electrons. The highest BCUT2D eigenvalue weighted by Gasteiger charge is 2.64. The topological polar surface area (TPSA) is 173 Å². The molecule has 0 aromatic heterocycles. The minimum Gasteiger partial charge on any atom is -0.457 e. The number of epoxide rings is 1. The van der Waals surface area contributed by atoms with E-state index in [1.165, 1.54) is 49.1 Å². The molecule has 0 spiro atoms. The summed E-state index contributed by atoms with van der Waals surface area (Å²) in [7, 11) is 4.47. The minimum absolute atomic E-state index is 0.0608. The molecule has 15 heteroatoms. The van der Waals surface area contributed by atoms with Crippen molar-refractivity contribution in [3.05, 3.63) is 80.9 Å². The standard InChI is InChI=1S/C39H48Cl2N4O9/c1-20-10-9-11-30(51-8)39(50)19-29(52-37(49)43-39)22(3)34-38(5,54-34)31(18-32(46)45(7)28-16-24(14-20)15-21(2)33(28)41)53-36(48)23(4)44(6)35(47)26-13-12-25(42)17-27(26)40/h9-13,15-17,22-23,29-31,34,50H,14,18-19,42H2,1-8H3,(H,43,49)/b11-9+,20-10+/t22-,23+,29+,30-,31+,34+,38+,39+/m1/s1. The SMILES string of the molecule is CO[C@@H]1/C=C/C=C(\C)Cc2cc(C)c(Cl)c(c2)N(C)C(=O)C[C@H](OC(=O)[C@H](C)N(C)C(=O)c2ccc(N)cc2Cl)[C@]2(C)O[C@H]2[C@H](C)[C@@H]2C[C@@]1(O)NC(=O)O2. The van der Waals surface area contributed by atoms with Crippen molar-refractivity contribution >= 4 is 58.5 Å². The Kier molecular flexibility index (Phi) is 12.1. The smallest absolute Gasteiger partial charge is 0.409 e. The first kappa shape index (κ1) is 41.0. The third-order valence-corrected chi connectivity index (χ3v) is 11.5. The summed E-state index contributed by atoms with van der Waals surface area (Å²) in [6.07, 6.45) is 0.941. The number of allylic oxidation sites excluding steroid dienone is 3. The van der Waals surface area contributed by atoms with Crippen molar-refractivity contribution in [2.45, 2.75) is 95.7 Å². The Morgan fingerprint density at radius 1 is 1.19 bits per heavy atom. The van der Waals surface area contributed by atoms with Gasteiger partial charge in [-0.1, -0.05) is 60.0 Å². The van der Waals surface area contributed by atoms with Crippen molar-refractivity contribution in [3.63, 3.8) is 0 Å². The van der Waals surface area contributed by atoms with E-state index < -0.39 is 71.6 Å². The van der Waals surface area contributed by atoms with Gasteiger partial charge in [-0.25, -0.2) is 9.59 Å². The first-order chi connectivity index (χ1) is 25.3. The summed E-state index contributed by atoms with van der Waals surface area (Å²) in [6, 6.07) is 7.11. The van der Waals surface area contributed by atoms with Crippen LogP contribution in [0.2, 0.25) is 10.0 Å². The fraction of sp³-hybridized carbons (Fsp3) is 0.487. The van der Waals surface area contributed by atoms with Gasteiger partial charge in [0.1, 0.15) is 30.0 Å². The molecular formula is C39H48Cl2N4O9. The average Bonchev–Trinajstić information content (AvgIpc) is 3.80. The molecule has 5 rings (SSSR count). The molecule has 8 atom stereocenters. The van der Waals surface area contributed by atoms with Gasteiger partial charge in [-0.15, -0.1) is 0 Å². The van der Waals surface area contributed by atoms with Gasteiger partial charge >= 0.3 is 12.1 Å². The number of hydrogen-bond acceptors (Lipinski definition) is 10. The van der Waals surface area contributed by atoms with E-state index in [2.05, 4.69) is 5.32 Å². The highest BCUT2D eigenvalue weighted by Crippen LogP contribution is 2.49. The number of hydrogen-bond donors (Lipinski definition) is 3. The molecule has 4 bridgehead atoms. The lowest BCUT2D eigenvalue weighted by molar-refractivity contribution is -0.158. The van der Waals surface area contributed by atoms with Crippen LogP contribution in [0.4, 0.5) is 16.2 Å². The normalized spacial score (nSPS) is 30.8. The van der Waals surface area contributed by atoms with E-state index in [1.807, 2.05) is 32.1 Å². The van der Waals surface area contributed by atoms with E-state index in [1.54, 1.807) is 33.0 Å². The summed E-state index contributed by atoms with van der Waals surface area (Å²) in [5.74, 6) is -2.30. The molecule has 2 saturated heterocycles. The zero-order chi connectivity index (χ0) is 39.9. The van der Waals surface area contributed by atoms with Crippen LogP contribution in [0.1, 0.15) is 62.0 Å². The van der Waals surface area contributed by atoms with Crippen LogP contribution in [0.5, 0.6) is 0 Å².